The van der Waals surface area contributed by atoms with Gasteiger partial charge in [0.05, 0.1) is 12.0 Å². The molecule has 2 saturated heterocycles. The van der Waals surface area contributed by atoms with Gasteiger partial charge in [0.15, 0.2) is 0 Å². The summed E-state index contributed by atoms with van der Waals surface area (Å²) < 4.78 is 1.92. The standard InChI is InChI=1S/C16H24N4O/c21-14(16(4-5-16)13-20-9-2-8-18-20)19-10-6-15(12-19)3-1-7-17-11-15/h2,8-9,17H,1,3-7,10-13H2/t15-/m1/s1. The third-order valence-corrected chi connectivity index (χ3v) is 5.62. The predicted molar refractivity (Wildman–Crippen MR) is 79.6 cm³/mol. The largest absolute Gasteiger partial charge is 0.342 e. The lowest BCUT2D eigenvalue weighted by atomic mass is 9.80. The summed E-state index contributed by atoms with van der Waals surface area (Å²) in [6.07, 6.45) is 9.49. The molecule has 0 radical (unpaired) electrons. The molecule has 1 N–H and O–H groups in total. The molecule has 4 rings (SSSR count). The Labute approximate surface area is 125 Å². The molecule has 1 atom stereocenters. The molecule has 5 heteroatoms. The Morgan fingerprint density at radius 1 is 1.29 bits per heavy atom. The molecule has 1 spiro atoms. The zero-order valence-corrected chi connectivity index (χ0v) is 12.6. The van der Waals surface area contributed by atoms with Crippen molar-refractivity contribution in [1.82, 2.24) is 20.0 Å². The number of rotatable bonds is 3. The molecule has 1 aromatic heterocycles. The van der Waals surface area contributed by atoms with Crippen LogP contribution in [0.25, 0.3) is 0 Å². The smallest absolute Gasteiger partial charge is 0.230 e. The third-order valence-electron chi connectivity index (χ3n) is 5.62. The van der Waals surface area contributed by atoms with E-state index in [1.54, 1.807) is 6.20 Å². The number of carbonyl (C=O) groups is 1. The monoisotopic (exact) mass is 288 g/mol. The minimum atomic E-state index is -0.153. The molecule has 5 nitrogen and oxygen atoms in total. The molecule has 0 bridgehead atoms. The average Bonchev–Trinajstić information content (AvgIpc) is 2.92. The molecule has 3 fully saturated rings. The van der Waals surface area contributed by atoms with Gasteiger partial charge in [-0.2, -0.15) is 5.10 Å². The summed E-state index contributed by atoms with van der Waals surface area (Å²) in [5.74, 6) is 0.375. The average molecular weight is 288 g/mol. The Kier molecular flexibility index (Phi) is 3.06. The van der Waals surface area contributed by atoms with E-state index >= 15 is 0 Å². The highest BCUT2D eigenvalue weighted by molar-refractivity contribution is 5.85. The summed E-state index contributed by atoms with van der Waals surface area (Å²) in [5, 5.41) is 7.79. The molecule has 2 aliphatic heterocycles. The molecule has 3 aliphatic rings. The van der Waals surface area contributed by atoms with Crippen LogP contribution in [0.15, 0.2) is 18.5 Å². The second kappa shape index (κ2) is 4.83. The number of amides is 1. The molecule has 1 saturated carbocycles. The van der Waals surface area contributed by atoms with Gasteiger partial charge < -0.3 is 10.2 Å². The highest BCUT2D eigenvalue weighted by atomic mass is 16.2. The zero-order valence-electron chi connectivity index (χ0n) is 12.6. The van der Waals surface area contributed by atoms with E-state index in [4.69, 9.17) is 0 Å². The van der Waals surface area contributed by atoms with Gasteiger partial charge >= 0.3 is 0 Å². The minimum Gasteiger partial charge on any atom is -0.342 e. The van der Waals surface area contributed by atoms with Crippen LogP contribution in [-0.2, 0) is 11.3 Å². The van der Waals surface area contributed by atoms with Crippen LogP contribution >= 0.6 is 0 Å². The Balaban J connectivity index is 1.43. The highest BCUT2D eigenvalue weighted by Gasteiger charge is 2.54. The maximum absolute atomic E-state index is 12.9. The van der Waals surface area contributed by atoms with Crippen molar-refractivity contribution in [3.8, 4) is 0 Å². The van der Waals surface area contributed by atoms with Gasteiger partial charge in [0.2, 0.25) is 5.91 Å². The van der Waals surface area contributed by atoms with Crippen LogP contribution in [0.4, 0.5) is 0 Å². The first-order chi connectivity index (χ1) is 10.2. The molecule has 3 heterocycles. The summed E-state index contributed by atoms with van der Waals surface area (Å²) in [7, 11) is 0. The van der Waals surface area contributed by atoms with Crippen LogP contribution in [0, 0.1) is 10.8 Å². The summed E-state index contributed by atoms with van der Waals surface area (Å²) in [6, 6.07) is 1.93. The molecule has 0 aromatic carbocycles. The number of nitrogens with one attached hydrogen (secondary N) is 1. The van der Waals surface area contributed by atoms with E-state index in [1.807, 2.05) is 16.9 Å². The Hall–Kier alpha value is -1.36. The zero-order chi connectivity index (χ0) is 14.3. The van der Waals surface area contributed by atoms with E-state index in [0.717, 1.165) is 45.6 Å². The SMILES string of the molecule is O=C(N1CC[C@@]2(CCCNC2)C1)C1(Cn2cccn2)CC1. The van der Waals surface area contributed by atoms with Crippen molar-refractivity contribution in [2.24, 2.45) is 10.8 Å². The Bertz CT molecular complexity index is 514. The van der Waals surface area contributed by atoms with Crippen LogP contribution in [0.3, 0.4) is 0 Å². The van der Waals surface area contributed by atoms with Gasteiger partial charge in [-0.25, -0.2) is 0 Å². The van der Waals surface area contributed by atoms with E-state index in [0.29, 0.717) is 11.3 Å². The van der Waals surface area contributed by atoms with Gasteiger partial charge in [-0.05, 0) is 44.7 Å². The quantitative estimate of drug-likeness (QED) is 0.911. The lowest BCUT2D eigenvalue weighted by Crippen LogP contribution is -2.44. The van der Waals surface area contributed by atoms with E-state index in [1.165, 1.54) is 19.3 Å². The second-order valence-corrected chi connectivity index (χ2v) is 7.24. The van der Waals surface area contributed by atoms with Gasteiger partial charge in [-0.15, -0.1) is 0 Å². The number of piperidine rings is 1. The Morgan fingerprint density at radius 2 is 2.19 bits per heavy atom. The molecular weight excluding hydrogens is 264 g/mol. The fourth-order valence-electron chi connectivity index (χ4n) is 4.12. The first-order valence-corrected chi connectivity index (χ1v) is 8.19. The van der Waals surface area contributed by atoms with Crippen molar-refractivity contribution in [3.63, 3.8) is 0 Å². The topological polar surface area (TPSA) is 50.2 Å². The van der Waals surface area contributed by atoms with Crippen molar-refractivity contribution in [2.75, 3.05) is 26.2 Å². The number of carbonyl (C=O) groups excluding carboxylic acids is 1. The fraction of sp³-hybridized carbons (Fsp3) is 0.750. The van der Waals surface area contributed by atoms with Crippen molar-refractivity contribution in [3.05, 3.63) is 18.5 Å². The summed E-state index contributed by atoms with van der Waals surface area (Å²) in [4.78, 5) is 15.1. The van der Waals surface area contributed by atoms with Gasteiger partial charge in [-0.1, -0.05) is 0 Å². The van der Waals surface area contributed by atoms with E-state index in [2.05, 4.69) is 15.3 Å². The van der Waals surface area contributed by atoms with Crippen LogP contribution < -0.4 is 5.32 Å². The number of likely N-dealkylation sites (tertiary alicyclic amines) is 1. The number of aromatic nitrogens is 2. The summed E-state index contributed by atoms with van der Waals surface area (Å²) >= 11 is 0. The highest BCUT2D eigenvalue weighted by Crippen LogP contribution is 2.50. The number of hydrogen-bond acceptors (Lipinski definition) is 3. The van der Waals surface area contributed by atoms with Gasteiger partial charge in [0.1, 0.15) is 0 Å². The van der Waals surface area contributed by atoms with Crippen LogP contribution in [0.5, 0.6) is 0 Å². The van der Waals surface area contributed by atoms with E-state index in [-0.39, 0.29) is 5.41 Å². The molecule has 21 heavy (non-hydrogen) atoms. The summed E-state index contributed by atoms with van der Waals surface area (Å²) in [6.45, 7) is 4.88. The molecule has 0 unspecified atom stereocenters. The molecule has 1 aliphatic carbocycles. The molecular formula is C16H24N4O. The number of hydrogen-bond donors (Lipinski definition) is 1. The molecule has 1 aromatic rings. The van der Waals surface area contributed by atoms with Crippen LogP contribution in [0.1, 0.15) is 32.1 Å². The van der Waals surface area contributed by atoms with Gasteiger partial charge in [0, 0.05) is 37.4 Å². The first-order valence-electron chi connectivity index (χ1n) is 8.19. The van der Waals surface area contributed by atoms with Crippen molar-refractivity contribution < 1.29 is 4.79 Å². The van der Waals surface area contributed by atoms with Crippen molar-refractivity contribution in [1.29, 1.82) is 0 Å². The molecule has 114 valence electrons. The van der Waals surface area contributed by atoms with Crippen LogP contribution in [0.2, 0.25) is 0 Å². The maximum Gasteiger partial charge on any atom is 0.230 e. The van der Waals surface area contributed by atoms with Crippen molar-refractivity contribution in [2.45, 2.75) is 38.6 Å². The Morgan fingerprint density at radius 3 is 2.86 bits per heavy atom. The lowest BCUT2D eigenvalue weighted by Gasteiger charge is -2.34. The second-order valence-electron chi connectivity index (χ2n) is 7.24. The normalized spacial score (nSPS) is 30.8. The van der Waals surface area contributed by atoms with Gasteiger partial charge in [-0.3, -0.25) is 9.48 Å². The maximum atomic E-state index is 12.9. The van der Waals surface area contributed by atoms with Crippen molar-refractivity contribution >= 4 is 5.91 Å². The predicted octanol–water partition coefficient (Wildman–Crippen LogP) is 1.27. The number of nitrogens with zero attached hydrogens (tertiary/aromatic N) is 3. The fourth-order valence-corrected chi connectivity index (χ4v) is 4.12. The van der Waals surface area contributed by atoms with Crippen LogP contribution in [-0.4, -0.2) is 46.8 Å². The van der Waals surface area contributed by atoms with Gasteiger partial charge in [0.25, 0.3) is 0 Å². The minimum absolute atomic E-state index is 0.153. The lowest BCUT2D eigenvalue weighted by molar-refractivity contribution is -0.137. The molecule has 1 amide bonds. The first kappa shape index (κ1) is 13.3. The van der Waals surface area contributed by atoms with E-state index in [9.17, 15) is 4.79 Å². The van der Waals surface area contributed by atoms with E-state index < -0.39 is 0 Å². The third kappa shape index (κ3) is 2.37. The summed E-state index contributed by atoms with van der Waals surface area (Å²) in [5.41, 5.74) is 0.204.